The lowest BCUT2D eigenvalue weighted by molar-refractivity contribution is 0.552. The summed E-state index contributed by atoms with van der Waals surface area (Å²) in [5, 5.41) is 8.73. The molecule has 0 radical (unpaired) electrons. The van der Waals surface area contributed by atoms with Crippen LogP contribution in [0.1, 0.15) is 18.2 Å². The summed E-state index contributed by atoms with van der Waals surface area (Å²) in [5.74, 6) is 0. The molecular weight excluding hydrogens is 204 g/mol. The van der Waals surface area contributed by atoms with E-state index in [1.54, 1.807) is 13.3 Å². The molecule has 1 heterocycles. The van der Waals surface area contributed by atoms with Crippen LogP contribution >= 0.6 is 0 Å². The molecule has 0 aliphatic heterocycles. The first kappa shape index (κ1) is 12.0. The molecule has 0 bridgehead atoms. The van der Waals surface area contributed by atoms with E-state index in [-0.39, 0.29) is 11.1 Å². The third-order valence-corrected chi connectivity index (χ3v) is 2.22. The van der Waals surface area contributed by atoms with Crippen LogP contribution in [0.3, 0.4) is 0 Å². The van der Waals surface area contributed by atoms with Crippen molar-refractivity contribution in [2.75, 3.05) is 13.6 Å². The Kier molecular flexibility index (Phi) is 3.84. The van der Waals surface area contributed by atoms with Gasteiger partial charge in [0, 0.05) is 19.3 Å². The van der Waals surface area contributed by atoms with Crippen molar-refractivity contribution in [2.45, 2.75) is 13.8 Å². The highest BCUT2D eigenvalue weighted by Crippen LogP contribution is 2.14. The minimum atomic E-state index is -0.372. The van der Waals surface area contributed by atoms with Gasteiger partial charge in [-0.1, -0.05) is 0 Å². The number of aliphatic imine (C=N–C) groups is 1. The highest BCUT2D eigenvalue weighted by atomic mass is 16.1. The summed E-state index contributed by atoms with van der Waals surface area (Å²) in [6.45, 7) is 4.60. The number of nitrogens with zero attached hydrogens (tertiary/aromatic N) is 3. The Bertz CT molecular complexity index is 496. The highest BCUT2D eigenvalue weighted by Gasteiger charge is 2.03. The zero-order valence-electron chi connectivity index (χ0n) is 9.61. The second-order valence-electron chi connectivity index (χ2n) is 3.45. The van der Waals surface area contributed by atoms with Crippen LogP contribution in [-0.2, 0) is 0 Å². The van der Waals surface area contributed by atoms with Crippen molar-refractivity contribution in [3.05, 3.63) is 27.7 Å². The first-order chi connectivity index (χ1) is 7.58. The van der Waals surface area contributed by atoms with E-state index in [4.69, 9.17) is 5.26 Å². The highest BCUT2D eigenvalue weighted by molar-refractivity contribution is 5.62. The van der Waals surface area contributed by atoms with E-state index in [2.05, 4.69) is 9.98 Å². The fraction of sp³-hybridized carbons (Fsp3) is 0.364. The molecule has 0 unspecified atom stereocenters. The van der Waals surface area contributed by atoms with Gasteiger partial charge in [0.25, 0.3) is 5.56 Å². The number of nitriles is 1. The Morgan fingerprint density at radius 2 is 2.38 bits per heavy atom. The number of H-pyrrole nitrogens is 1. The number of rotatable bonds is 3. The largest absolute Gasteiger partial charge is 0.366 e. The monoisotopic (exact) mass is 218 g/mol. The molecule has 5 heteroatoms. The van der Waals surface area contributed by atoms with Crippen LogP contribution in [0.15, 0.2) is 15.9 Å². The standard InChI is InChI=1S/C11H14N4O/c1-4-15(3)7-13-10-5-9(6-12)11(16)14-8(10)2/h5,7H,4H2,1-3H3,(H,14,16). The van der Waals surface area contributed by atoms with Crippen LogP contribution in [0.25, 0.3) is 0 Å². The first-order valence-corrected chi connectivity index (χ1v) is 4.97. The van der Waals surface area contributed by atoms with Crippen LogP contribution < -0.4 is 5.56 Å². The van der Waals surface area contributed by atoms with Gasteiger partial charge in [-0.3, -0.25) is 4.79 Å². The zero-order valence-corrected chi connectivity index (χ0v) is 9.61. The molecule has 0 aromatic carbocycles. The number of aromatic amines is 1. The van der Waals surface area contributed by atoms with E-state index in [0.29, 0.717) is 11.4 Å². The van der Waals surface area contributed by atoms with Crippen molar-refractivity contribution >= 4 is 12.0 Å². The summed E-state index contributed by atoms with van der Waals surface area (Å²) in [6, 6.07) is 3.33. The molecule has 0 fully saturated rings. The first-order valence-electron chi connectivity index (χ1n) is 4.97. The van der Waals surface area contributed by atoms with E-state index in [1.807, 2.05) is 24.9 Å². The second-order valence-corrected chi connectivity index (χ2v) is 3.45. The van der Waals surface area contributed by atoms with Gasteiger partial charge in [-0.05, 0) is 19.9 Å². The van der Waals surface area contributed by atoms with Gasteiger partial charge >= 0.3 is 0 Å². The summed E-state index contributed by atoms with van der Waals surface area (Å²) in [4.78, 5) is 20.0. The van der Waals surface area contributed by atoms with Crippen LogP contribution in [0, 0.1) is 18.3 Å². The van der Waals surface area contributed by atoms with Gasteiger partial charge in [0.15, 0.2) is 0 Å². The fourth-order valence-electron chi connectivity index (χ4n) is 1.07. The van der Waals surface area contributed by atoms with E-state index in [0.717, 1.165) is 6.54 Å². The predicted octanol–water partition coefficient (Wildman–Crippen LogP) is 1.17. The summed E-state index contributed by atoms with van der Waals surface area (Å²) in [5.41, 5.74) is 0.973. The molecular formula is C11H14N4O. The molecule has 0 saturated heterocycles. The minimum absolute atomic E-state index is 0.0805. The van der Waals surface area contributed by atoms with Gasteiger partial charge in [0.2, 0.25) is 0 Å². The Balaban J connectivity index is 3.11. The average molecular weight is 218 g/mol. The normalized spacial score (nSPS) is 10.4. The summed E-state index contributed by atoms with van der Waals surface area (Å²) in [7, 11) is 1.90. The number of hydrogen-bond acceptors (Lipinski definition) is 3. The summed E-state index contributed by atoms with van der Waals surface area (Å²) < 4.78 is 0. The van der Waals surface area contributed by atoms with Crippen molar-refractivity contribution in [3.8, 4) is 6.07 Å². The molecule has 0 atom stereocenters. The topological polar surface area (TPSA) is 72.2 Å². The maximum absolute atomic E-state index is 11.3. The Morgan fingerprint density at radius 1 is 1.69 bits per heavy atom. The Hall–Kier alpha value is -2.09. The third kappa shape index (κ3) is 2.70. The third-order valence-electron chi connectivity index (χ3n) is 2.22. The number of hydrogen-bond donors (Lipinski definition) is 1. The second kappa shape index (κ2) is 5.12. The maximum atomic E-state index is 11.3. The molecule has 1 rings (SSSR count). The fourth-order valence-corrected chi connectivity index (χ4v) is 1.07. The van der Waals surface area contributed by atoms with Crippen LogP contribution in [0.5, 0.6) is 0 Å². The molecule has 0 aliphatic rings. The Labute approximate surface area is 94.0 Å². The van der Waals surface area contributed by atoms with Crippen molar-refractivity contribution in [2.24, 2.45) is 4.99 Å². The van der Waals surface area contributed by atoms with E-state index in [1.165, 1.54) is 6.07 Å². The molecule has 0 aliphatic carbocycles. The van der Waals surface area contributed by atoms with Crippen LogP contribution in [0.2, 0.25) is 0 Å². The van der Waals surface area contributed by atoms with Crippen molar-refractivity contribution in [1.29, 1.82) is 5.26 Å². The lowest BCUT2D eigenvalue weighted by atomic mass is 10.2. The molecule has 5 nitrogen and oxygen atoms in total. The molecule has 16 heavy (non-hydrogen) atoms. The average Bonchev–Trinajstić information content (AvgIpc) is 2.27. The number of pyridine rings is 1. The van der Waals surface area contributed by atoms with Crippen LogP contribution in [0.4, 0.5) is 5.69 Å². The molecule has 0 saturated carbocycles. The molecule has 0 spiro atoms. The molecule has 1 N–H and O–H groups in total. The summed E-state index contributed by atoms with van der Waals surface area (Å²) in [6.07, 6.45) is 1.67. The van der Waals surface area contributed by atoms with E-state index >= 15 is 0 Å². The number of nitrogens with one attached hydrogen (secondary N) is 1. The summed E-state index contributed by atoms with van der Waals surface area (Å²) >= 11 is 0. The molecule has 0 amide bonds. The Morgan fingerprint density at radius 3 is 2.94 bits per heavy atom. The quantitative estimate of drug-likeness (QED) is 0.611. The van der Waals surface area contributed by atoms with E-state index < -0.39 is 0 Å². The lowest BCUT2D eigenvalue weighted by Gasteiger charge is -2.08. The van der Waals surface area contributed by atoms with Crippen molar-refractivity contribution in [3.63, 3.8) is 0 Å². The lowest BCUT2D eigenvalue weighted by Crippen LogP contribution is -2.15. The molecule has 1 aromatic heterocycles. The van der Waals surface area contributed by atoms with Crippen LogP contribution in [-0.4, -0.2) is 29.8 Å². The van der Waals surface area contributed by atoms with Crippen molar-refractivity contribution < 1.29 is 0 Å². The van der Waals surface area contributed by atoms with Gasteiger partial charge in [0.1, 0.15) is 11.6 Å². The smallest absolute Gasteiger partial charge is 0.266 e. The van der Waals surface area contributed by atoms with Gasteiger partial charge in [-0.2, -0.15) is 5.26 Å². The van der Waals surface area contributed by atoms with E-state index in [9.17, 15) is 4.79 Å². The zero-order chi connectivity index (χ0) is 12.1. The number of aromatic nitrogens is 1. The van der Waals surface area contributed by atoms with Gasteiger partial charge in [0.05, 0.1) is 12.0 Å². The minimum Gasteiger partial charge on any atom is -0.366 e. The number of aryl methyl sites for hydroxylation is 1. The predicted molar refractivity (Wildman–Crippen MR) is 63.0 cm³/mol. The maximum Gasteiger partial charge on any atom is 0.266 e. The molecule has 1 aromatic rings. The van der Waals surface area contributed by atoms with Crippen molar-refractivity contribution in [1.82, 2.24) is 9.88 Å². The van der Waals surface area contributed by atoms with Gasteiger partial charge < -0.3 is 9.88 Å². The molecule has 84 valence electrons. The van der Waals surface area contributed by atoms with Gasteiger partial charge in [-0.15, -0.1) is 0 Å². The van der Waals surface area contributed by atoms with Gasteiger partial charge in [-0.25, -0.2) is 4.99 Å². The SMILES string of the molecule is CCN(C)C=Nc1cc(C#N)c(=O)[nH]c1C.